The molecule has 1 fully saturated rings. The molecule has 0 aromatic heterocycles. The average Bonchev–Trinajstić information content (AvgIpc) is 3.34. The van der Waals surface area contributed by atoms with Crippen molar-refractivity contribution in [1.82, 2.24) is 0 Å². The van der Waals surface area contributed by atoms with E-state index in [4.69, 9.17) is 9.47 Å². The van der Waals surface area contributed by atoms with E-state index in [2.05, 4.69) is 13.8 Å². The van der Waals surface area contributed by atoms with Crippen molar-refractivity contribution in [2.45, 2.75) is 186 Å². The third kappa shape index (κ3) is 22.6. The van der Waals surface area contributed by atoms with Crippen LogP contribution in [0.5, 0.6) is 0 Å². The van der Waals surface area contributed by atoms with Gasteiger partial charge in [-0.25, -0.2) is 0 Å². The van der Waals surface area contributed by atoms with E-state index in [9.17, 15) is 29.7 Å². The van der Waals surface area contributed by atoms with Gasteiger partial charge in [0.2, 0.25) is 0 Å². The van der Waals surface area contributed by atoms with E-state index < -0.39 is 30.9 Å². The van der Waals surface area contributed by atoms with Crippen LogP contribution in [0, 0.1) is 11.8 Å². The third-order valence-electron chi connectivity index (χ3n) is 9.37. The quantitative estimate of drug-likeness (QED) is 0.0378. The number of hydrogen-bond acceptors (Lipinski definition) is 8. The maximum atomic E-state index is 12.4. The molecule has 48 heavy (non-hydrogen) atoms. The number of allylic oxidation sites excluding steroid dienone is 2. The van der Waals surface area contributed by atoms with E-state index in [1.807, 2.05) is 12.2 Å². The SMILES string of the molecule is CCCCCCCCCCCCCCCCC(=O)OC[C@H](CO)OC(=O)CCC/C=C\C[C@H]1C(=O)C[C@@H](O)[C@@H]1/C=C/[C@@H](O)CCCCC. The van der Waals surface area contributed by atoms with Crippen molar-refractivity contribution < 1.29 is 39.2 Å². The van der Waals surface area contributed by atoms with Gasteiger partial charge >= 0.3 is 11.9 Å². The first-order valence-electron chi connectivity index (χ1n) is 19.5. The van der Waals surface area contributed by atoms with Crippen molar-refractivity contribution >= 4 is 17.7 Å². The minimum Gasteiger partial charge on any atom is -0.462 e. The van der Waals surface area contributed by atoms with Gasteiger partial charge in [0.1, 0.15) is 12.4 Å². The number of ether oxygens (including phenoxy) is 2. The number of carbonyl (C=O) groups is 3. The molecule has 1 aliphatic carbocycles. The van der Waals surface area contributed by atoms with Crippen LogP contribution in [-0.2, 0) is 23.9 Å². The number of hydrogen-bond donors (Lipinski definition) is 3. The number of unbranched alkanes of at least 4 members (excludes halogenated alkanes) is 16. The summed E-state index contributed by atoms with van der Waals surface area (Å²) in [4.78, 5) is 36.8. The van der Waals surface area contributed by atoms with Gasteiger partial charge in [-0.1, -0.05) is 141 Å². The number of Topliss-reactive ketones (excluding diaryl/α,β-unsaturated/α-hetero) is 1. The molecule has 0 heterocycles. The Labute approximate surface area is 292 Å². The summed E-state index contributed by atoms with van der Waals surface area (Å²) < 4.78 is 10.5. The molecule has 8 heteroatoms. The van der Waals surface area contributed by atoms with Crippen molar-refractivity contribution in [2.75, 3.05) is 13.2 Å². The van der Waals surface area contributed by atoms with E-state index in [-0.39, 0.29) is 43.0 Å². The van der Waals surface area contributed by atoms with Gasteiger partial charge in [-0.05, 0) is 32.1 Å². The van der Waals surface area contributed by atoms with Crippen molar-refractivity contribution in [3.05, 3.63) is 24.3 Å². The number of carbonyl (C=O) groups excluding carboxylic acids is 3. The lowest BCUT2D eigenvalue weighted by Gasteiger charge is -2.16. The summed E-state index contributed by atoms with van der Waals surface area (Å²) in [6.07, 6.45) is 28.8. The van der Waals surface area contributed by atoms with Gasteiger partial charge in [0.25, 0.3) is 0 Å². The fourth-order valence-corrected chi connectivity index (χ4v) is 6.30. The van der Waals surface area contributed by atoms with Gasteiger partial charge < -0.3 is 24.8 Å². The lowest BCUT2D eigenvalue weighted by Crippen LogP contribution is -2.28. The smallest absolute Gasteiger partial charge is 0.306 e. The number of ketones is 1. The molecule has 0 saturated heterocycles. The zero-order chi connectivity index (χ0) is 35.2. The van der Waals surface area contributed by atoms with Gasteiger partial charge in [-0.2, -0.15) is 0 Å². The van der Waals surface area contributed by atoms with Crippen molar-refractivity contribution in [3.8, 4) is 0 Å². The molecule has 3 N–H and O–H groups in total. The minimum atomic E-state index is -0.872. The number of aliphatic hydroxyl groups is 3. The van der Waals surface area contributed by atoms with Gasteiger partial charge in [0, 0.05) is 31.1 Å². The van der Waals surface area contributed by atoms with E-state index in [1.54, 1.807) is 12.2 Å². The number of rotatable bonds is 31. The van der Waals surface area contributed by atoms with Crippen molar-refractivity contribution in [3.63, 3.8) is 0 Å². The first-order valence-corrected chi connectivity index (χ1v) is 19.5. The number of esters is 2. The van der Waals surface area contributed by atoms with Crippen LogP contribution in [0.15, 0.2) is 24.3 Å². The lowest BCUT2D eigenvalue weighted by atomic mass is 9.90. The zero-order valence-electron chi connectivity index (χ0n) is 30.5. The molecule has 1 aliphatic rings. The summed E-state index contributed by atoms with van der Waals surface area (Å²) in [7, 11) is 0. The van der Waals surface area contributed by atoms with E-state index in [0.717, 1.165) is 38.5 Å². The summed E-state index contributed by atoms with van der Waals surface area (Å²) in [5.74, 6) is -1.38. The molecule has 0 radical (unpaired) electrons. The van der Waals surface area contributed by atoms with Gasteiger partial charge in [0.15, 0.2) is 6.10 Å². The molecule has 1 saturated carbocycles. The van der Waals surface area contributed by atoms with Gasteiger partial charge in [-0.15, -0.1) is 0 Å². The van der Waals surface area contributed by atoms with Crippen molar-refractivity contribution in [2.24, 2.45) is 11.8 Å². The Morgan fingerprint density at radius 2 is 1.35 bits per heavy atom. The lowest BCUT2D eigenvalue weighted by molar-refractivity contribution is -0.161. The molecule has 0 bridgehead atoms. The fourth-order valence-electron chi connectivity index (χ4n) is 6.30. The fraction of sp³-hybridized carbons (Fsp3) is 0.825. The predicted molar refractivity (Wildman–Crippen MR) is 192 cm³/mol. The molecule has 0 aromatic rings. The standard InChI is InChI=1S/C40H70O8/c1-3-5-7-8-9-10-11-12-13-14-15-16-17-22-26-39(45)47-32-34(31-41)48-40(46)27-23-19-18-21-25-35-36(38(44)30-37(35)43)29-28-33(42)24-20-6-4-2/h18,21,28-29,33-36,38,41-42,44H,3-17,19-20,22-27,30-32H2,1-2H3/b21-18-,29-28+/t33-,34-,35+,36+,38+/m0/s1. The van der Waals surface area contributed by atoms with Crippen LogP contribution in [0.2, 0.25) is 0 Å². The molecule has 1 rings (SSSR count). The highest BCUT2D eigenvalue weighted by Crippen LogP contribution is 2.33. The predicted octanol–water partition coefficient (Wildman–Crippen LogP) is 8.49. The first kappa shape index (κ1) is 44.0. The van der Waals surface area contributed by atoms with Gasteiger partial charge in [0.05, 0.1) is 18.8 Å². The molecule has 0 aromatic carbocycles. The highest BCUT2D eigenvalue weighted by Gasteiger charge is 2.39. The van der Waals surface area contributed by atoms with E-state index in [0.29, 0.717) is 32.1 Å². The molecular formula is C40H70O8. The molecule has 8 nitrogen and oxygen atoms in total. The van der Waals surface area contributed by atoms with Crippen LogP contribution in [0.3, 0.4) is 0 Å². The molecular weight excluding hydrogens is 608 g/mol. The van der Waals surface area contributed by atoms with Crippen LogP contribution in [0.25, 0.3) is 0 Å². The second-order valence-corrected chi connectivity index (χ2v) is 13.8. The topological polar surface area (TPSA) is 130 Å². The second kappa shape index (κ2) is 29.8. The summed E-state index contributed by atoms with van der Waals surface area (Å²) in [5, 5.41) is 30.1. The minimum absolute atomic E-state index is 0.0289. The van der Waals surface area contributed by atoms with E-state index >= 15 is 0 Å². The molecule has 0 amide bonds. The van der Waals surface area contributed by atoms with Crippen LogP contribution in [0.4, 0.5) is 0 Å². The Morgan fingerprint density at radius 1 is 0.792 bits per heavy atom. The monoisotopic (exact) mass is 679 g/mol. The maximum absolute atomic E-state index is 12.4. The molecule has 5 atom stereocenters. The Morgan fingerprint density at radius 3 is 1.96 bits per heavy atom. The Bertz CT molecular complexity index is 884. The summed E-state index contributed by atoms with van der Waals surface area (Å²) >= 11 is 0. The van der Waals surface area contributed by atoms with Crippen molar-refractivity contribution in [1.29, 1.82) is 0 Å². The second-order valence-electron chi connectivity index (χ2n) is 13.8. The molecule has 278 valence electrons. The normalized spacial score (nSPS) is 19.4. The van der Waals surface area contributed by atoms with Crippen LogP contribution >= 0.6 is 0 Å². The average molecular weight is 679 g/mol. The Balaban J connectivity index is 2.13. The molecule has 0 aliphatic heterocycles. The molecule has 0 spiro atoms. The Hall–Kier alpha value is -2.03. The summed E-state index contributed by atoms with van der Waals surface area (Å²) in [6, 6.07) is 0. The summed E-state index contributed by atoms with van der Waals surface area (Å²) in [6.45, 7) is 3.81. The maximum Gasteiger partial charge on any atom is 0.306 e. The largest absolute Gasteiger partial charge is 0.462 e. The third-order valence-corrected chi connectivity index (χ3v) is 9.37. The number of aliphatic hydroxyl groups excluding tert-OH is 3. The highest BCUT2D eigenvalue weighted by molar-refractivity contribution is 5.84. The highest BCUT2D eigenvalue weighted by atomic mass is 16.6. The zero-order valence-corrected chi connectivity index (χ0v) is 30.5. The van der Waals surface area contributed by atoms with E-state index in [1.165, 1.54) is 70.6 Å². The summed E-state index contributed by atoms with van der Waals surface area (Å²) in [5.41, 5.74) is 0. The van der Waals surface area contributed by atoms with Crippen LogP contribution in [-0.4, -0.2) is 64.6 Å². The van der Waals surface area contributed by atoms with Gasteiger partial charge in [-0.3, -0.25) is 14.4 Å². The Kier molecular flexibility index (Phi) is 27.4. The van der Waals surface area contributed by atoms with Crippen LogP contribution in [0.1, 0.15) is 168 Å². The molecule has 0 unspecified atom stereocenters. The van der Waals surface area contributed by atoms with Crippen LogP contribution < -0.4 is 0 Å². The first-order chi connectivity index (χ1) is 23.3.